The van der Waals surface area contributed by atoms with Crippen LogP contribution in [0.25, 0.3) is 0 Å². The molecular formula is C9H8N6O2. The number of nitrogens with one attached hydrogen (secondary N) is 2. The van der Waals surface area contributed by atoms with Crippen LogP contribution in [0.3, 0.4) is 0 Å². The molecule has 8 heteroatoms. The summed E-state index contributed by atoms with van der Waals surface area (Å²) < 4.78 is 4.76. The summed E-state index contributed by atoms with van der Waals surface area (Å²) in [6, 6.07) is 3.12. The highest BCUT2D eigenvalue weighted by molar-refractivity contribution is 6.10. The third-order valence-corrected chi connectivity index (χ3v) is 1.60. The van der Waals surface area contributed by atoms with E-state index in [0.717, 1.165) is 0 Å². The molecular weight excluding hydrogens is 224 g/mol. The predicted octanol–water partition coefficient (Wildman–Crippen LogP) is 0.401. The quantitative estimate of drug-likeness (QED) is 0.439. The molecule has 0 unspecified atom stereocenters. The lowest BCUT2D eigenvalue weighted by Crippen LogP contribution is -2.08. The average molecular weight is 232 g/mol. The molecule has 17 heavy (non-hydrogen) atoms. The van der Waals surface area contributed by atoms with E-state index in [9.17, 15) is 4.79 Å². The van der Waals surface area contributed by atoms with Crippen LogP contribution in [0.1, 0.15) is 17.4 Å². The van der Waals surface area contributed by atoms with Crippen LogP contribution in [-0.4, -0.2) is 28.3 Å². The summed E-state index contributed by atoms with van der Waals surface area (Å²) in [7, 11) is 0. The zero-order valence-electron chi connectivity index (χ0n) is 8.89. The maximum absolute atomic E-state index is 11.4. The molecule has 0 aliphatic heterocycles. The second kappa shape index (κ2) is 5.88. The van der Waals surface area contributed by atoms with Gasteiger partial charge in [-0.3, -0.25) is 5.43 Å². The number of imidazole rings is 1. The molecule has 0 spiro atoms. The summed E-state index contributed by atoms with van der Waals surface area (Å²) >= 11 is 0. The van der Waals surface area contributed by atoms with Gasteiger partial charge in [-0.15, -0.1) is 0 Å². The highest BCUT2D eigenvalue weighted by atomic mass is 16.5. The summed E-state index contributed by atoms with van der Waals surface area (Å²) in [5, 5.41) is 20.4. The number of esters is 1. The van der Waals surface area contributed by atoms with Crippen LogP contribution < -0.4 is 5.43 Å². The molecule has 0 aliphatic carbocycles. The number of aromatic amines is 1. The van der Waals surface area contributed by atoms with Crippen molar-refractivity contribution < 1.29 is 9.53 Å². The van der Waals surface area contributed by atoms with Crippen LogP contribution >= 0.6 is 0 Å². The molecule has 0 radical (unpaired) electrons. The Morgan fingerprint density at radius 2 is 2.35 bits per heavy atom. The number of nitriles is 2. The monoisotopic (exact) mass is 232 g/mol. The van der Waals surface area contributed by atoms with Gasteiger partial charge in [0.25, 0.3) is 0 Å². The summed E-state index contributed by atoms with van der Waals surface area (Å²) in [6.07, 6.45) is 1.27. The van der Waals surface area contributed by atoms with Crippen molar-refractivity contribution in [3.05, 3.63) is 12.0 Å². The summed E-state index contributed by atoms with van der Waals surface area (Å²) in [6.45, 7) is 1.89. The van der Waals surface area contributed by atoms with Crippen LogP contribution in [0, 0.1) is 22.7 Å². The van der Waals surface area contributed by atoms with E-state index in [1.165, 1.54) is 6.33 Å². The van der Waals surface area contributed by atoms with E-state index in [-0.39, 0.29) is 23.8 Å². The lowest BCUT2D eigenvalue weighted by molar-refractivity contribution is 0.0521. The van der Waals surface area contributed by atoms with Crippen LogP contribution in [0.15, 0.2) is 11.4 Å². The Bertz CT molecular complexity index is 502. The predicted molar refractivity (Wildman–Crippen MR) is 56.8 cm³/mol. The summed E-state index contributed by atoms with van der Waals surface area (Å²) in [5.74, 6) is -0.510. The van der Waals surface area contributed by atoms with E-state index >= 15 is 0 Å². The van der Waals surface area contributed by atoms with Gasteiger partial charge >= 0.3 is 5.97 Å². The maximum atomic E-state index is 11.4. The van der Waals surface area contributed by atoms with E-state index in [4.69, 9.17) is 15.3 Å². The lowest BCUT2D eigenvalue weighted by atomic mass is 10.4. The smallest absolute Gasteiger partial charge is 0.358 e. The number of nitrogens with zero attached hydrogens (tertiary/aromatic N) is 4. The van der Waals surface area contributed by atoms with Crippen molar-refractivity contribution in [2.45, 2.75) is 6.92 Å². The number of carbonyl (C=O) groups is 1. The van der Waals surface area contributed by atoms with Crippen molar-refractivity contribution >= 4 is 17.5 Å². The van der Waals surface area contributed by atoms with E-state index in [0.29, 0.717) is 0 Å². The van der Waals surface area contributed by atoms with Crippen molar-refractivity contribution in [3.8, 4) is 12.1 Å². The van der Waals surface area contributed by atoms with Crippen LogP contribution in [-0.2, 0) is 4.74 Å². The number of anilines is 1. The third-order valence-electron chi connectivity index (χ3n) is 1.60. The molecule has 1 heterocycles. The largest absolute Gasteiger partial charge is 0.461 e. The van der Waals surface area contributed by atoms with Gasteiger partial charge < -0.3 is 9.72 Å². The van der Waals surface area contributed by atoms with Gasteiger partial charge in [-0.1, -0.05) is 0 Å². The molecule has 0 aliphatic rings. The van der Waals surface area contributed by atoms with Gasteiger partial charge in [0, 0.05) is 0 Å². The zero-order valence-corrected chi connectivity index (χ0v) is 8.89. The number of hydrogen-bond donors (Lipinski definition) is 2. The van der Waals surface area contributed by atoms with E-state index < -0.39 is 5.97 Å². The average Bonchev–Trinajstić information content (AvgIpc) is 2.79. The molecule has 0 saturated carbocycles. The van der Waals surface area contributed by atoms with Gasteiger partial charge in [0.15, 0.2) is 11.5 Å². The van der Waals surface area contributed by atoms with Gasteiger partial charge in [0.2, 0.25) is 5.71 Å². The number of carbonyl (C=O) groups excluding carboxylic acids is 1. The Hall–Kier alpha value is -2.87. The number of rotatable bonds is 4. The van der Waals surface area contributed by atoms with Crippen molar-refractivity contribution in [2.75, 3.05) is 12.0 Å². The second-order valence-corrected chi connectivity index (χ2v) is 2.64. The first-order chi connectivity index (χ1) is 8.22. The highest BCUT2D eigenvalue weighted by Gasteiger charge is 2.14. The molecule has 1 aromatic heterocycles. The highest BCUT2D eigenvalue weighted by Crippen LogP contribution is 2.10. The number of aromatic nitrogens is 2. The van der Waals surface area contributed by atoms with Gasteiger partial charge in [-0.2, -0.15) is 15.6 Å². The maximum Gasteiger partial charge on any atom is 0.358 e. The number of ether oxygens (including phenoxy) is 1. The Morgan fingerprint density at radius 3 is 2.94 bits per heavy atom. The molecule has 2 N–H and O–H groups in total. The fourth-order valence-electron chi connectivity index (χ4n) is 0.922. The number of H-pyrrole nitrogens is 1. The minimum Gasteiger partial charge on any atom is -0.461 e. The fourth-order valence-corrected chi connectivity index (χ4v) is 0.922. The van der Waals surface area contributed by atoms with Crippen molar-refractivity contribution in [1.29, 1.82) is 10.5 Å². The number of hydrazone groups is 1. The number of hydrogen-bond acceptors (Lipinski definition) is 7. The van der Waals surface area contributed by atoms with Crippen molar-refractivity contribution in [2.24, 2.45) is 5.10 Å². The molecule has 0 aromatic carbocycles. The molecule has 0 bridgehead atoms. The van der Waals surface area contributed by atoms with Gasteiger partial charge in [-0.05, 0) is 6.92 Å². The van der Waals surface area contributed by atoms with E-state index in [1.807, 2.05) is 0 Å². The van der Waals surface area contributed by atoms with Gasteiger partial charge in [0.05, 0.1) is 12.9 Å². The fraction of sp³-hybridized carbons (Fsp3) is 0.222. The molecule has 0 amide bonds. The first-order valence-electron chi connectivity index (χ1n) is 4.57. The molecule has 1 aromatic rings. The lowest BCUT2D eigenvalue weighted by Gasteiger charge is -2.01. The SMILES string of the molecule is CCOC(=O)c1[nH]cnc1NN=C(C#N)C#N. The summed E-state index contributed by atoms with van der Waals surface area (Å²) in [5.41, 5.74) is 2.04. The zero-order chi connectivity index (χ0) is 12.7. The van der Waals surface area contributed by atoms with Crippen molar-refractivity contribution in [1.82, 2.24) is 9.97 Å². The van der Waals surface area contributed by atoms with Crippen LogP contribution in [0.2, 0.25) is 0 Å². The standard InChI is InChI=1S/C9H8N6O2/c1-2-17-9(16)7-8(13-5-12-7)15-14-6(3-10)4-11/h5,15H,2H2,1H3,(H,12,13). The topological polar surface area (TPSA) is 127 Å². The van der Waals surface area contributed by atoms with Crippen LogP contribution in [0.5, 0.6) is 0 Å². The van der Waals surface area contributed by atoms with Gasteiger partial charge in [-0.25, -0.2) is 9.78 Å². The molecule has 0 saturated heterocycles. The molecule has 8 nitrogen and oxygen atoms in total. The van der Waals surface area contributed by atoms with E-state index in [2.05, 4.69) is 20.5 Å². The first kappa shape index (κ1) is 12.2. The summed E-state index contributed by atoms with van der Waals surface area (Å²) in [4.78, 5) is 17.7. The molecule has 1 rings (SSSR count). The normalized spacial score (nSPS) is 8.65. The second-order valence-electron chi connectivity index (χ2n) is 2.64. The Morgan fingerprint density at radius 1 is 1.65 bits per heavy atom. The Labute approximate surface area is 96.5 Å². The van der Waals surface area contributed by atoms with Crippen LogP contribution in [0.4, 0.5) is 5.82 Å². The van der Waals surface area contributed by atoms with E-state index in [1.54, 1.807) is 19.1 Å². The first-order valence-corrected chi connectivity index (χ1v) is 4.57. The Kier molecular flexibility index (Phi) is 4.22. The molecule has 0 fully saturated rings. The minimum absolute atomic E-state index is 0.0748. The van der Waals surface area contributed by atoms with Crippen molar-refractivity contribution in [3.63, 3.8) is 0 Å². The van der Waals surface area contributed by atoms with Gasteiger partial charge in [0.1, 0.15) is 12.1 Å². The molecule has 0 atom stereocenters. The third kappa shape index (κ3) is 3.04. The molecule has 86 valence electrons. The minimum atomic E-state index is -0.599. The Balaban J connectivity index is 2.84.